The van der Waals surface area contributed by atoms with Crippen molar-refractivity contribution in [3.05, 3.63) is 48.0 Å². The highest BCUT2D eigenvalue weighted by atomic mass is 32.2. The molecule has 0 amide bonds. The summed E-state index contributed by atoms with van der Waals surface area (Å²) in [5.74, 6) is 2.68. The molecule has 0 spiro atoms. The van der Waals surface area contributed by atoms with Gasteiger partial charge in [0.15, 0.2) is 21.6 Å². The van der Waals surface area contributed by atoms with Crippen molar-refractivity contribution >= 4 is 26.8 Å². The van der Waals surface area contributed by atoms with E-state index in [0.717, 1.165) is 12.8 Å². The topological polar surface area (TPSA) is 107 Å². The first-order chi connectivity index (χ1) is 15.7. The lowest BCUT2D eigenvalue weighted by Crippen LogP contribution is -2.14. The molecule has 2 aromatic heterocycles. The molecule has 0 aliphatic heterocycles. The summed E-state index contributed by atoms with van der Waals surface area (Å²) in [5, 5.41) is -0.676. The summed E-state index contributed by atoms with van der Waals surface area (Å²) >= 11 is 0. The fourth-order valence-corrected chi connectivity index (χ4v) is 5.27. The van der Waals surface area contributed by atoms with Gasteiger partial charge in [0.1, 0.15) is 11.3 Å². The minimum absolute atomic E-state index is 0.0423. The number of nitrogen functional groups attached to an aromatic ring is 1. The summed E-state index contributed by atoms with van der Waals surface area (Å²) in [6, 6.07) is 9.79. The molecule has 2 heterocycles. The van der Waals surface area contributed by atoms with Gasteiger partial charge in [0.25, 0.3) is 0 Å². The van der Waals surface area contributed by atoms with Crippen molar-refractivity contribution in [2.45, 2.75) is 42.9 Å². The van der Waals surface area contributed by atoms with Gasteiger partial charge in [-0.05, 0) is 56.9 Å². The van der Waals surface area contributed by atoms with Gasteiger partial charge in [-0.3, -0.25) is 0 Å². The van der Waals surface area contributed by atoms with E-state index in [-0.39, 0.29) is 22.4 Å². The molecule has 2 aromatic carbocycles. The Morgan fingerprint density at radius 3 is 2.61 bits per heavy atom. The SMILES string of the molecule is C#Cc1nc(-c2cc(S(=O)(=O)C(C)C)c3nc(N)[nH]c3c2)c(-c2ccccc2F)n1C1CC1. The van der Waals surface area contributed by atoms with Crippen LogP contribution in [0.15, 0.2) is 41.3 Å². The van der Waals surface area contributed by atoms with Gasteiger partial charge in [-0.15, -0.1) is 6.42 Å². The van der Waals surface area contributed by atoms with Crippen LogP contribution in [0.5, 0.6) is 0 Å². The predicted octanol–water partition coefficient (Wildman–Crippen LogP) is 4.31. The molecule has 9 heteroatoms. The predicted molar refractivity (Wildman–Crippen MR) is 126 cm³/mol. The number of rotatable bonds is 5. The van der Waals surface area contributed by atoms with E-state index in [1.165, 1.54) is 12.1 Å². The first kappa shape index (κ1) is 21.2. The average Bonchev–Trinajstić information content (AvgIpc) is 3.43. The number of imidazole rings is 2. The Hall–Kier alpha value is -3.64. The number of terminal acetylenes is 1. The van der Waals surface area contributed by atoms with Gasteiger partial charge in [0, 0.05) is 17.2 Å². The minimum atomic E-state index is -3.71. The molecule has 33 heavy (non-hydrogen) atoms. The molecule has 0 atom stereocenters. The summed E-state index contributed by atoms with van der Waals surface area (Å²) < 4.78 is 43.2. The molecule has 0 radical (unpaired) electrons. The molecule has 3 N–H and O–H groups in total. The summed E-state index contributed by atoms with van der Waals surface area (Å²) in [7, 11) is -3.71. The fraction of sp³-hybridized carbons (Fsp3) is 0.250. The van der Waals surface area contributed by atoms with E-state index in [4.69, 9.17) is 12.2 Å². The third-order valence-electron chi connectivity index (χ3n) is 5.85. The van der Waals surface area contributed by atoms with E-state index in [1.54, 1.807) is 38.1 Å². The van der Waals surface area contributed by atoms with Crippen LogP contribution in [0.2, 0.25) is 0 Å². The van der Waals surface area contributed by atoms with E-state index < -0.39 is 20.9 Å². The molecule has 7 nitrogen and oxygen atoms in total. The third-order valence-corrected chi connectivity index (χ3v) is 8.02. The van der Waals surface area contributed by atoms with Crippen LogP contribution in [0.25, 0.3) is 33.5 Å². The van der Waals surface area contributed by atoms with Crippen LogP contribution >= 0.6 is 0 Å². The van der Waals surface area contributed by atoms with Gasteiger partial charge in [-0.2, -0.15) is 0 Å². The van der Waals surface area contributed by atoms with Crippen LogP contribution in [0.1, 0.15) is 38.6 Å². The first-order valence-electron chi connectivity index (χ1n) is 10.6. The lowest BCUT2D eigenvalue weighted by atomic mass is 10.0. The summed E-state index contributed by atoms with van der Waals surface area (Å²) in [4.78, 5) is 11.8. The van der Waals surface area contributed by atoms with Crippen molar-refractivity contribution in [2.24, 2.45) is 0 Å². The number of aromatic amines is 1. The lowest BCUT2D eigenvalue weighted by molar-refractivity contribution is 0.588. The second-order valence-corrected chi connectivity index (χ2v) is 10.9. The van der Waals surface area contributed by atoms with E-state index >= 15 is 0 Å². The third kappa shape index (κ3) is 3.38. The summed E-state index contributed by atoms with van der Waals surface area (Å²) in [5.41, 5.74) is 8.34. The van der Waals surface area contributed by atoms with Crippen molar-refractivity contribution in [1.29, 1.82) is 0 Å². The molecule has 168 valence electrons. The molecule has 1 fully saturated rings. The Labute approximate surface area is 190 Å². The Morgan fingerprint density at radius 2 is 1.97 bits per heavy atom. The highest BCUT2D eigenvalue weighted by molar-refractivity contribution is 7.92. The fourth-order valence-electron chi connectivity index (χ4n) is 4.05. The van der Waals surface area contributed by atoms with Crippen LogP contribution in [0, 0.1) is 18.2 Å². The number of halogens is 1. The van der Waals surface area contributed by atoms with Crippen LogP contribution < -0.4 is 5.73 Å². The molecule has 1 saturated carbocycles. The van der Waals surface area contributed by atoms with E-state index in [2.05, 4.69) is 20.9 Å². The summed E-state index contributed by atoms with van der Waals surface area (Å²) in [6.07, 6.45) is 7.59. The Balaban J connectivity index is 1.87. The van der Waals surface area contributed by atoms with Crippen LogP contribution in [-0.4, -0.2) is 33.2 Å². The van der Waals surface area contributed by atoms with Gasteiger partial charge < -0.3 is 15.3 Å². The van der Waals surface area contributed by atoms with Gasteiger partial charge in [-0.1, -0.05) is 12.1 Å². The maximum absolute atomic E-state index is 15.0. The van der Waals surface area contributed by atoms with Gasteiger partial charge in [0.05, 0.1) is 27.0 Å². The van der Waals surface area contributed by atoms with Gasteiger partial charge in [0.2, 0.25) is 0 Å². The number of nitrogens with zero attached hydrogens (tertiary/aromatic N) is 3. The number of hydrogen-bond donors (Lipinski definition) is 2. The number of anilines is 1. The molecule has 5 rings (SSSR count). The zero-order valence-corrected chi connectivity index (χ0v) is 18.9. The number of H-pyrrole nitrogens is 1. The molecule has 4 aromatic rings. The normalized spacial score (nSPS) is 14.2. The molecule has 0 bridgehead atoms. The number of benzene rings is 2. The molecular formula is C24H22FN5O2S. The van der Waals surface area contributed by atoms with Crippen LogP contribution in [0.4, 0.5) is 10.3 Å². The second kappa shape index (κ2) is 7.46. The average molecular weight is 464 g/mol. The summed E-state index contributed by atoms with van der Waals surface area (Å²) in [6.45, 7) is 3.21. The standard InChI is InChI=1S/C24H22FN5O2S/c1-4-20-28-21(23(30(20)15-9-10-15)16-7-5-6-8-17(16)25)14-11-18-22(29-24(26)27-18)19(12-14)33(31,32)13(2)3/h1,5-8,11-13,15H,9-10H2,2-3H3,(H3,26,27,29). The molecule has 1 aliphatic rings. The Kier molecular flexibility index (Phi) is 4.79. The van der Waals surface area contributed by atoms with Crippen molar-refractivity contribution in [3.8, 4) is 34.9 Å². The molecular weight excluding hydrogens is 441 g/mol. The van der Waals surface area contributed by atoms with Crippen LogP contribution in [-0.2, 0) is 9.84 Å². The number of hydrogen-bond acceptors (Lipinski definition) is 5. The van der Waals surface area contributed by atoms with Crippen molar-refractivity contribution in [3.63, 3.8) is 0 Å². The van der Waals surface area contributed by atoms with E-state index in [0.29, 0.717) is 33.9 Å². The number of aromatic nitrogens is 4. The monoisotopic (exact) mass is 463 g/mol. The highest BCUT2D eigenvalue weighted by Crippen LogP contribution is 2.44. The lowest BCUT2D eigenvalue weighted by Gasteiger charge is -2.13. The number of nitrogens with two attached hydrogens (primary N) is 1. The first-order valence-corrected chi connectivity index (χ1v) is 12.1. The highest BCUT2D eigenvalue weighted by Gasteiger charge is 2.33. The minimum Gasteiger partial charge on any atom is -0.369 e. The van der Waals surface area contributed by atoms with Gasteiger partial charge >= 0.3 is 0 Å². The Bertz CT molecular complexity index is 1560. The second-order valence-electron chi connectivity index (χ2n) is 8.44. The van der Waals surface area contributed by atoms with Crippen LogP contribution in [0.3, 0.4) is 0 Å². The smallest absolute Gasteiger partial charge is 0.198 e. The number of nitrogens with one attached hydrogen (secondary N) is 1. The zero-order chi connectivity index (χ0) is 23.5. The van der Waals surface area contributed by atoms with Crippen molar-refractivity contribution in [1.82, 2.24) is 19.5 Å². The van der Waals surface area contributed by atoms with Crippen molar-refractivity contribution < 1.29 is 12.8 Å². The molecule has 0 saturated heterocycles. The largest absolute Gasteiger partial charge is 0.369 e. The maximum Gasteiger partial charge on any atom is 0.198 e. The maximum atomic E-state index is 15.0. The number of fused-ring (bicyclic) bond motifs is 1. The van der Waals surface area contributed by atoms with Crippen molar-refractivity contribution in [2.75, 3.05) is 5.73 Å². The molecule has 1 aliphatic carbocycles. The molecule has 0 unspecified atom stereocenters. The Morgan fingerprint density at radius 1 is 1.24 bits per heavy atom. The number of sulfone groups is 1. The van der Waals surface area contributed by atoms with Gasteiger partial charge in [-0.25, -0.2) is 22.8 Å². The zero-order valence-electron chi connectivity index (χ0n) is 18.1. The quantitative estimate of drug-likeness (QED) is 0.429. The van der Waals surface area contributed by atoms with E-state index in [1.807, 2.05) is 4.57 Å². The van der Waals surface area contributed by atoms with E-state index in [9.17, 15) is 12.8 Å².